The molecule has 0 amide bonds. The Morgan fingerprint density at radius 1 is 1.71 bits per heavy atom. The molecule has 0 aromatic carbocycles. The summed E-state index contributed by atoms with van der Waals surface area (Å²) in [5.74, 6) is -0.0638. The van der Waals surface area contributed by atoms with Crippen molar-refractivity contribution < 1.29 is 19.7 Å². The third-order valence-corrected chi connectivity index (χ3v) is 2.08. The highest BCUT2D eigenvalue weighted by atomic mass is 16.5. The van der Waals surface area contributed by atoms with Gasteiger partial charge in [0.25, 0.3) is 0 Å². The first-order valence-electron chi connectivity index (χ1n) is 4.42. The van der Waals surface area contributed by atoms with E-state index in [0.717, 1.165) is 0 Å². The molecule has 2 atom stereocenters. The SMILES string of the molecule is CC1(O)C=C(OCCO)C=CC1C=O. The quantitative estimate of drug-likeness (QED) is 0.625. The number of rotatable bonds is 4. The number of allylic oxidation sites excluding steroid dienone is 1. The van der Waals surface area contributed by atoms with Crippen LogP contribution in [0.1, 0.15) is 6.92 Å². The molecule has 14 heavy (non-hydrogen) atoms. The van der Waals surface area contributed by atoms with E-state index in [1.165, 1.54) is 13.0 Å². The summed E-state index contributed by atoms with van der Waals surface area (Å²) in [5.41, 5.74) is -1.21. The van der Waals surface area contributed by atoms with Gasteiger partial charge in [-0.15, -0.1) is 0 Å². The molecule has 4 nitrogen and oxygen atoms in total. The maximum absolute atomic E-state index is 10.6. The standard InChI is InChI=1S/C10H14O4/c1-10(13)6-9(14-5-4-11)3-2-8(10)7-12/h2-3,6-8,11,13H,4-5H2,1H3. The second-order valence-electron chi connectivity index (χ2n) is 3.37. The van der Waals surface area contributed by atoms with Gasteiger partial charge in [-0.25, -0.2) is 0 Å². The van der Waals surface area contributed by atoms with Gasteiger partial charge in [0.05, 0.1) is 18.1 Å². The van der Waals surface area contributed by atoms with Crippen LogP contribution in [0.5, 0.6) is 0 Å². The van der Waals surface area contributed by atoms with Crippen LogP contribution in [0.4, 0.5) is 0 Å². The Kier molecular flexibility index (Phi) is 3.43. The second kappa shape index (κ2) is 4.39. The van der Waals surface area contributed by atoms with E-state index in [0.29, 0.717) is 12.0 Å². The summed E-state index contributed by atoms with van der Waals surface area (Å²) in [5, 5.41) is 18.3. The first-order valence-corrected chi connectivity index (χ1v) is 4.42. The molecule has 78 valence electrons. The van der Waals surface area contributed by atoms with Gasteiger partial charge < -0.3 is 19.7 Å². The summed E-state index contributed by atoms with van der Waals surface area (Å²) in [6.45, 7) is 1.64. The molecule has 1 rings (SSSR count). The van der Waals surface area contributed by atoms with Crippen molar-refractivity contribution >= 4 is 6.29 Å². The Hall–Kier alpha value is -1.13. The first kappa shape index (κ1) is 10.9. The monoisotopic (exact) mass is 198 g/mol. The fourth-order valence-corrected chi connectivity index (χ4v) is 1.26. The molecule has 0 saturated carbocycles. The van der Waals surface area contributed by atoms with E-state index in [-0.39, 0.29) is 13.2 Å². The third kappa shape index (κ3) is 2.43. The molecule has 0 aromatic heterocycles. The highest BCUT2D eigenvalue weighted by Gasteiger charge is 2.30. The first-order chi connectivity index (χ1) is 6.60. The van der Waals surface area contributed by atoms with Crippen LogP contribution in [0, 0.1) is 5.92 Å². The Labute approximate surface area is 82.5 Å². The highest BCUT2D eigenvalue weighted by Crippen LogP contribution is 2.25. The zero-order chi connectivity index (χ0) is 10.6. The minimum Gasteiger partial charge on any atom is -0.491 e. The minimum atomic E-state index is -1.21. The Morgan fingerprint density at radius 2 is 2.43 bits per heavy atom. The lowest BCUT2D eigenvalue weighted by atomic mass is 9.86. The predicted molar refractivity (Wildman–Crippen MR) is 50.4 cm³/mol. The summed E-state index contributed by atoms with van der Waals surface area (Å²) >= 11 is 0. The van der Waals surface area contributed by atoms with Gasteiger partial charge in [0.1, 0.15) is 18.7 Å². The molecule has 0 saturated heterocycles. The van der Waals surface area contributed by atoms with E-state index in [9.17, 15) is 9.90 Å². The molecule has 0 aliphatic heterocycles. The summed E-state index contributed by atoms with van der Waals surface area (Å²) in [6.07, 6.45) is 5.37. The number of aldehydes is 1. The van der Waals surface area contributed by atoms with Crippen LogP contribution in [0.3, 0.4) is 0 Å². The summed E-state index contributed by atoms with van der Waals surface area (Å²) in [7, 11) is 0. The summed E-state index contributed by atoms with van der Waals surface area (Å²) < 4.78 is 5.11. The molecule has 0 heterocycles. The van der Waals surface area contributed by atoms with Gasteiger partial charge in [0, 0.05) is 0 Å². The number of carbonyl (C=O) groups excluding carboxylic acids is 1. The van der Waals surface area contributed by atoms with Crippen LogP contribution in [0.2, 0.25) is 0 Å². The van der Waals surface area contributed by atoms with Crippen molar-refractivity contribution in [1.82, 2.24) is 0 Å². The lowest BCUT2D eigenvalue weighted by Gasteiger charge is -2.27. The normalized spacial score (nSPS) is 31.1. The van der Waals surface area contributed by atoms with Gasteiger partial charge >= 0.3 is 0 Å². The van der Waals surface area contributed by atoms with E-state index >= 15 is 0 Å². The summed E-state index contributed by atoms with van der Waals surface area (Å²) in [6, 6.07) is 0. The van der Waals surface area contributed by atoms with Crippen molar-refractivity contribution in [1.29, 1.82) is 0 Å². The van der Waals surface area contributed by atoms with Gasteiger partial charge in [-0.2, -0.15) is 0 Å². The molecule has 4 heteroatoms. The molecular weight excluding hydrogens is 184 g/mol. The molecule has 1 aliphatic carbocycles. The number of hydrogen-bond acceptors (Lipinski definition) is 4. The van der Waals surface area contributed by atoms with Crippen molar-refractivity contribution in [3.63, 3.8) is 0 Å². The lowest BCUT2D eigenvalue weighted by Crippen LogP contribution is -2.34. The minimum absolute atomic E-state index is 0.0789. The van der Waals surface area contributed by atoms with Gasteiger partial charge in [0.2, 0.25) is 0 Å². The van der Waals surface area contributed by atoms with Crippen molar-refractivity contribution in [3.05, 3.63) is 24.0 Å². The Morgan fingerprint density at radius 3 is 2.93 bits per heavy atom. The van der Waals surface area contributed by atoms with Gasteiger partial charge in [-0.3, -0.25) is 0 Å². The second-order valence-corrected chi connectivity index (χ2v) is 3.37. The van der Waals surface area contributed by atoms with Gasteiger partial charge in [0.15, 0.2) is 0 Å². The van der Waals surface area contributed by atoms with Crippen LogP contribution in [-0.4, -0.2) is 35.3 Å². The van der Waals surface area contributed by atoms with Crippen molar-refractivity contribution in [2.45, 2.75) is 12.5 Å². The fraction of sp³-hybridized carbons (Fsp3) is 0.500. The number of aliphatic hydroxyl groups is 2. The van der Waals surface area contributed by atoms with Crippen LogP contribution >= 0.6 is 0 Å². The zero-order valence-corrected chi connectivity index (χ0v) is 8.01. The van der Waals surface area contributed by atoms with E-state index in [1.807, 2.05) is 0 Å². The maximum atomic E-state index is 10.6. The van der Waals surface area contributed by atoms with Crippen LogP contribution in [0.25, 0.3) is 0 Å². The molecule has 2 N–H and O–H groups in total. The van der Waals surface area contributed by atoms with Crippen LogP contribution in [-0.2, 0) is 9.53 Å². The molecule has 0 bridgehead atoms. The smallest absolute Gasteiger partial charge is 0.130 e. The third-order valence-electron chi connectivity index (χ3n) is 2.08. The van der Waals surface area contributed by atoms with Crippen molar-refractivity contribution in [2.75, 3.05) is 13.2 Å². The van der Waals surface area contributed by atoms with Crippen molar-refractivity contribution in [3.8, 4) is 0 Å². The molecule has 0 aromatic rings. The number of aliphatic hydroxyl groups excluding tert-OH is 1. The predicted octanol–water partition coefficient (Wildman–Crippen LogP) is 0.0151. The van der Waals surface area contributed by atoms with Crippen LogP contribution in [0.15, 0.2) is 24.0 Å². The Balaban J connectivity index is 2.70. The van der Waals surface area contributed by atoms with Gasteiger partial charge in [-0.05, 0) is 19.1 Å². The zero-order valence-electron chi connectivity index (χ0n) is 8.01. The van der Waals surface area contributed by atoms with E-state index in [2.05, 4.69) is 0 Å². The average Bonchev–Trinajstić information content (AvgIpc) is 2.13. The molecule has 1 aliphatic rings. The molecule has 0 radical (unpaired) electrons. The van der Waals surface area contributed by atoms with Gasteiger partial charge in [-0.1, -0.05) is 6.08 Å². The topological polar surface area (TPSA) is 66.8 Å². The summed E-state index contributed by atoms with van der Waals surface area (Å²) in [4.78, 5) is 10.6. The molecule has 0 spiro atoms. The van der Waals surface area contributed by atoms with E-state index in [1.54, 1.807) is 12.2 Å². The molecule has 2 unspecified atom stereocenters. The Bertz CT molecular complexity index is 265. The van der Waals surface area contributed by atoms with Crippen molar-refractivity contribution in [2.24, 2.45) is 5.92 Å². The lowest BCUT2D eigenvalue weighted by molar-refractivity contribution is -0.114. The van der Waals surface area contributed by atoms with E-state index in [4.69, 9.17) is 9.84 Å². The molecular formula is C10H14O4. The highest BCUT2D eigenvalue weighted by molar-refractivity contribution is 5.61. The van der Waals surface area contributed by atoms with Crippen LogP contribution < -0.4 is 0 Å². The largest absolute Gasteiger partial charge is 0.491 e. The number of carbonyl (C=O) groups is 1. The average molecular weight is 198 g/mol. The fourth-order valence-electron chi connectivity index (χ4n) is 1.26. The number of hydrogen-bond donors (Lipinski definition) is 2. The number of ether oxygens (including phenoxy) is 1. The molecule has 0 fully saturated rings. The van der Waals surface area contributed by atoms with E-state index < -0.39 is 11.5 Å². The maximum Gasteiger partial charge on any atom is 0.130 e.